The highest BCUT2D eigenvalue weighted by molar-refractivity contribution is 9.10. The number of aryl methyl sites for hydroxylation is 1. The molecule has 0 aromatic heterocycles. The molecule has 0 radical (unpaired) electrons. The first-order chi connectivity index (χ1) is 5.69. The van der Waals surface area contributed by atoms with E-state index in [0.29, 0.717) is 5.56 Å². The van der Waals surface area contributed by atoms with Crippen molar-refractivity contribution in [3.63, 3.8) is 0 Å². The van der Waals surface area contributed by atoms with Gasteiger partial charge in [-0.05, 0) is 40.5 Å². The molecule has 0 atom stereocenters. The number of methoxy groups -OCH3 is 1. The summed E-state index contributed by atoms with van der Waals surface area (Å²) in [6, 6.07) is 5.66. The van der Waals surface area contributed by atoms with E-state index in [1.165, 1.54) is 0 Å². The molecule has 0 spiro atoms. The first kappa shape index (κ1) is 9.08. The van der Waals surface area contributed by atoms with Crippen molar-refractivity contribution in [3.05, 3.63) is 27.7 Å². The molecule has 0 saturated carbocycles. The fourth-order valence-corrected chi connectivity index (χ4v) is 1.50. The maximum Gasteiger partial charge on any atom is 0.123 e. The molecular weight excluding hydrogens is 218 g/mol. The van der Waals surface area contributed by atoms with Crippen molar-refractivity contribution in [3.8, 4) is 11.8 Å². The van der Waals surface area contributed by atoms with Crippen LogP contribution in [0.25, 0.3) is 0 Å². The molecule has 1 aromatic rings. The topological polar surface area (TPSA) is 33.0 Å². The summed E-state index contributed by atoms with van der Waals surface area (Å²) in [5, 5.41) is 8.69. The Morgan fingerprint density at radius 1 is 1.50 bits per heavy atom. The minimum absolute atomic E-state index is 0.595. The van der Waals surface area contributed by atoms with Crippen LogP contribution in [0.3, 0.4) is 0 Å². The lowest BCUT2D eigenvalue weighted by molar-refractivity contribution is 0.411. The van der Waals surface area contributed by atoms with Gasteiger partial charge in [-0.3, -0.25) is 0 Å². The van der Waals surface area contributed by atoms with Gasteiger partial charge in [-0.1, -0.05) is 0 Å². The van der Waals surface area contributed by atoms with Crippen molar-refractivity contribution in [2.75, 3.05) is 7.11 Å². The van der Waals surface area contributed by atoms with E-state index in [-0.39, 0.29) is 0 Å². The summed E-state index contributed by atoms with van der Waals surface area (Å²) in [6.07, 6.45) is 0. The predicted octanol–water partition coefficient (Wildman–Crippen LogP) is 2.64. The Bertz CT molecular complexity index is 341. The number of hydrogen-bond donors (Lipinski definition) is 0. The number of halogens is 1. The molecule has 0 aliphatic rings. The molecule has 0 heterocycles. The van der Waals surface area contributed by atoms with Crippen LogP contribution in [0.15, 0.2) is 16.6 Å². The third kappa shape index (κ3) is 1.59. The van der Waals surface area contributed by atoms with Crippen molar-refractivity contribution in [2.24, 2.45) is 0 Å². The van der Waals surface area contributed by atoms with Crippen LogP contribution in [0.2, 0.25) is 0 Å². The average molecular weight is 226 g/mol. The lowest BCUT2D eigenvalue weighted by atomic mass is 10.1. The molecule has 0 aliphatic heterocycles. The number of benzene rings is 1. The van der Waals surface area contributed by atoms with Gasteiger partial charge in [0, 0.05) is 4.47 Å². The Hall–Kier alpha value is -1.01. The highest BCUT2D eigenvalue weighted by Crippen LogP contribution is 2.25. The molecule has 0 amide bonds. The van der Waals surface area contributed by atoms with Gasteiger partial charge in [0.05, 0.1) is 12.7 Å². The van der Waals surface area contributed by atoms with Gasteiger partial charge in [0.1, 0.15) is 11.8 Å². The van der Waals surface area contributed by atoms with Gasteiger partial charge < -0.3 is 4.74 Å². The predicted molar refractivity (Wildman–Crippen MR) is 50.1 cm³/mol. The number of nitriles is 1. The van der Waals surface area contributed by atoms with E-state index in [1.54, 1.807) is 13.2 Å². The molecule has 3 heteroatoms. The molecule has 2 nitrogen and oxygen atoms in total. The van der Waals surface area contributed by atoms with Crippen molar-refractivity contribution in [2.45, 2.75) is 6.92 Å². The molecule has 1 rings (SSSR count). The summed E-state index contributed by atoms with van der Waals surface area (Å²) in [5.41, 5.74) is 1.61. The van der Waals surface area contributed by atoms with E-state index in [4.69, 9.17) is 10.00 Å². The van der Waals surface area contributed by atoms with Crippen molar-refractivity contribution >= 4 is 15.9 Å². The quantitative estimate of drug-likeness (QED) is 0.737. The van der Waals surface area contributed by atoms with Crippen molar-refractivity contribution in [1.29, 1.82) is 5.26 Å². The normalized spacial score (nSPS) is 9.17. The van der Waals surface area contributed by atoms with Gasteiger partial charge in [-0.15, -0.1) is 0 Å². The maximum absolute atomic E-state index is 8.69. The smallest absolute Gasteiger partial charge is 0.123 e. The monoisotopic (exact) mass is 225 g/mol. The Morgan fingerprint density at radius 3 is 2.67 bits per heavy atom. The Balaban J connectivity index is 3.30. The minimum Gasteiger partial charge on any atom is -0.496 e. The average Bonchev–Trinajstić information content (AvgIpc) is 2.05. The molecule has 0 N–H and O–H groups in total. The summed E-state index contributed by atoms with van der Waals surface area (Å²) in [7, 11) is 1.59. The zero-order valence-corrected chi connectivity index (χ0v) is 8.47. The van der Waals surface area contributed by atoms with E-state index in [9.17, 15) is 0 Å². The molecule has 1 aromatic carbocycles. The Labute approximate surface area is 79.9 Å². The second kappa shape index (κ2) is 3.59. The molecule has 62 valence electrons. The third-order valence-corrected chi connectivity index (χ3v) is 2.26. The van der Waals surface area contributed by atoms with Gasteiger partial charge in [0.25, 0.3) is 0 Å². The molecule has 0 fully saturated rings. The van der Waals surface area contributed by atoms with Crippen molar-refractivity contribution < 1.29 is 4.74 Å². The van der Waals surface area contributed by atoms with Crippen LogP contribution < -0.4 is 4.74 Å². The zero-order valence-electron chi connectivity index (χ0n) is 6.89. The highest BCUT2D eigenvalue weighted by atomic mass is 79.9. The van der Waals surface area contributed by atoms with Gasteiger partial charge in [0.2, 0.25) is 0 Å². The van der Waals surface area contributed by atoms with Crippen LogP contribution in [0.5, 0.6) is 5.75 Å². The fraction of sp³-hybridized carbons (Fsp3) is 0.222. The Morgan fingerprint density at radius 2 is 2.17 bits per heavy atom. The van der Waals surface area contributed by atoms with Crippen LogP contribution >= 0.6 is 15.9 Å². The summed E-state index contributed by atoms with van der Waals surface area (Å²) in [4.78, 5) is 0. The largest absolute Gasteiger partial charge is 0.496 e. The molecule has 0 saturated heterocycles. The second-order valence-electron chi connectivity index (χ2n) is 2.41. The summed E-state index contributed by atoms with van der Waals surface area (Å²) >= 11 is 3.29. The van der Waals surface area contributed by atoms with Crippen LogP contribution in [-0.4, -0.2) is 7.11 Å². The number of hydrogen-bond acceptors (Lipinski definition) is 2. The third-order valence-electron chi connectivity index (χ3n) is 1.60. The standard InChI is InChI=1S/C9H8BrNO/c1-6-3-8(10)7(5-11)4-9(6)12-2/h3-4H,1-2H3. The number of rotatable bonds is 1. The molecule has 0 unspecified atom stereocenters. The summed E-state index contributed by atoms with van der Waals surface area (Å²) in [5.74, 6) is 0.745. The second-order valence-corrected chi connectivity index (χ2v) is 3.27. The van der Waals surface area contributed by atoms with Gasteiger partial charge >= 0.3 is 0 Å². The minimum atomic E-state index is 0.595. The lowest BCUT2D eigenvalue weighted by Crippen LogP contribution is -1.89. The van der Waals surface area contributed by atoms with E-state index in [1.807, 2.05) is 13.0 Å². The first-order valence-corrected chi connectivity index (χ1v) is 4.22. The van der Waals surface area contributed by atoms with Crippen LogP contribution in [0.1, 0.15) is 11.1 Å². The van der Waals surface area contributed by atoms with E-state index in [2.05, 4.69) is 22.0 Å². The Kier molecular flexibility index (Phi) is 2.72. The molecule has 12 heavy (non-hydrogen) atoms. The zero-order chi connectivity index (χ0) is 9.14. The van der Waals surface area contributed by atoms with E-state index >= 15 is 0 Å². The number of ether oxygens (including phenoxy) is 1. The summed E-state index contributed by atoms with van der Waals surface area (Å²) in [6.45, 7) is 1.94. The molecule has 0 bridgehead atoms. The van der Waals surface area contributed by atoms with Crippen molar-refractivity contribution in [1.82, 2.24) is 0 Å². The van der Waals surface area contributed by atoms with Crippen LogP contribution in [-0.2, 0) is 0 Å². The van der Waals surface area contributed by atoms with Crippen LogP contribution in [0, 0.1) is 18.3 Å². The molecular formula is C9H8BrNO. The van der Waals surface area contributed by atoms with E-state index < -0.39 is 0 Å². The molecule has 0 aliphatic carbocycles. The highest BCUT2D eigenvalue weighted by Gasteiger charge is 2.04. The summed E-state index contributed by atoms with van der Waals surface area (Å²) < 4.78 is 5.88. The van der Waals surface area contributed by atoms with Gasteiger partial charge in [-0.2, -0.15) is 5.26 Å². The van der Waals surface area contributed by atoms with E-state index in [0.717, 1.165) is 15.8 Å². The lowest BCUT2D eigenvalue weighted by Gasteiger charge is -2.05. The van der Waals surface area contributed by atoms with Gasteiger partial charge in [-0.25, -0.2) is 0 Å². The fourth-order valence-electron chi connectivity index (χ4n) is 0.958. The maximum atomic E-state index is 8.69. The van der Waals surface area contributed by atoms with Crippen LogP contribution in [0.4, 0.5) is 0 Å². The number of nitrogens with zero attached hydrogens (tertiary/aromatic N) is 1. The SMILES string of the molecule is COc1cc(C#N)c(Br)cc1C. The first-order valence-electron chi connectivity index (χ1n) is 3.43. The van der Waals surface area contributed by atoms with Gasteiger partial charge in [0.15, 0.2) is 0 Å².